The van der Waals surface area contributed by atoms with E-state index in [-0.39, 0.29) is 34.6 Å². The number of aromatic hydroxyl groups is 2. The number of carbonyl (C=O) groups is 4. The summed E-state index contributed by atoms with van der Waals surface area (Å²) in [6, 6.07) is 6.01. The van der Waals surface area contributed by atoms with Crippen molar-refractivity contribution in [3.63, 3.8) is 0 Å². The zero-order valence-corrected chi connectivity index (χ0v) is 16.3. The van der Waals surface area contributed by atoms with Crippen LogP contribution in [-0.4, -0.2) is 51.0 Å². The zero-order valence-electron chi connectivity index (χ0n) is 16.3. The lowest BCUT2D eigenvalue weighted by atomic mass is 9.82. The highest BCUT2D eigenvalue weighted by Gasteiger charge is 2.38. The molecule has 0 aromatic heterocycles. The van der Waals surface area contributed by atoms with Crippen LogP contribution in [0.4, 0.5) is 13.2 Å². The van der Waals surface area contributed by atoms with Gasteiger partial charge >= 0.3 is 18.1 Å². The van der Waals surface area contributed by atoms with Crippen LogP contribution in [0, 0.1) is 0 Å². The molecule has 32 heavy (non-hydrogen) atoms. The molecule has 0 unspecified atom stereocenters. The molecule has 0 amide bonds. The Morgan fingerprint density at radius 2 is 1.59 bits per heavy atom. The number of halogens is 3. The second-order valence-electron chi connectivity index (χ2n) is 6.59. The standard InChI is InChI=1S/C18H15NO6.C2HF3O2/c1-8(19)18(24)25-7-9-5-11-15(13(21)6-9)17(23)14-10(16(11)22)3-2-4-12(14)20;3-2(4,5)1(6)7/h2-6,8,20-21H,7,19H2,1H3;(H,6,7)/t8-;/m0./s1. The van der Waals surface area contributed by atoms with Gasteiger partial charge in [0, 0.05) is 11.1 Å². The fourth-order valence-electron chi connectivity index (χ4n) is 2.71. The van der Waals surface area contributed by atoms with Gasteiger partial charge in [-0.2, -0.15) is 13.2 Å². The molecule has 5 N–H and O–H groups in total. The van der Waals surface area contributed by atoms with Crippen LogP contribution in [0.5, 0.6) is 11.5 Å². The normalized spacial score (nSPS) is 13.3. The molecule has 2 aromatic rings. The van der Waals surface area contributed by atoms with E-state index in [1.165, 1.54) is 37.3 Å². The van der Waals surface area contributed by atoms with Crippen molar-refractivity contribution in [1.29, 1.82) is 0 Å². The molecule has 0 saturated carbocycles. The number of esters is 1. The maximum Gasteiger partial charge on any atom is 0.490 e. The Bertz CT molecular complexity index is 1110. The number of carbonyl (C=O) groups excluding carboxylic acids is 3. The number of benzene rings is 2. The first-order valence-corrected chi connectivity index (χ1v) is 8.75. The number of nitrogens with two attached hydrogens (primary N) is 1. The summed E-state index contributed by atoms with van der Waals surface area (Å²) >= 11 is 0. The Kier molecular flexibility index (Phi) is 6.89. The van der Waals surface area contributed by atoms with Crippen molar-refractivity contribution in [2.45, 2.75) is 25.7 Å². The fraction of sp³-hybridized carbons (Fsp3) is 0.200. The number of alkyl halides is 3. The maximum absolute atomic E-state index is 12.7. The molecule has 1 aliphatic rings. The van der Waals surface area contributed by atoms with Crippen LogP contribution < -0.4 is 5.73 Å². The van der Waals surface area contributed by atoms with E-state index in [1.807, 2.05) is 0 Å². The Morgan fingerprint density at radius 3 is 2.12 bits per heavy atom. The molecule has 9 nitrogen and oxygen atoms in total. The van der Waals surface area contributed by atoms with Gasteiger partial charge in [-0.1, -0.05) is 12.1 Å². The molecular weight excluding hydrogens is 439 g/mol. The van der Waals surface area contributed by atoms with Gasteiger partial charge in [0.25, 0.3) is 0 Å². The molecule has 0 heterocycles. The number of fused-ring (bicyclic) bond motifs is 2. The van der Waals surface area contributed by atoms with E-state index in [4.69, 9.17) is 20.4 Å². The number of hydrogen-bond donors (Lipinski definition) is 4. The van der Waals surface area contributed by atoms with Gasteiger partial charge in [-0.3, -0.25) is 14.4 Å². The van der Waals surface area contributed by atoms with Crippen LogP contribution in [0.1, 0.15) is 44.3 Å². The number of carboxylic acids is 1. The number of aliphatic carboxylic acids is 1. The van der Waals surface area contributed by atoms with E-state index >= 15 is 0 Å². The Balaban J connectivity index is 0.000000451. The second kappa shape index (κ2) is 9.06. The van der Waals surface area contributed by atoms with E-state index in [9.17, 15) is 37.8 Å². The largest absolute Gasteiger partial charge is 0.507 e. The lowest BCUT2D eigenvalue weighted by Crippen LogP contribution is -2.28. The van der Waals surface area contributed by atoms with E-state index in [2.05, 4.69) is 0 Å². The van der Waals surface area contributed by atoms with Crippen molar-refractivity contribution in [3.05, 3.63) is 58.1 Å². The predicted octanol–water partition coefficient (Wildman–Crippen LogP) is 1.90. The van der Waals surface area contributed by atoms with Crippen LogP contribution in [0.2, 0.25) is 0 Å². The number of ether oxygens (including phenoxy) is 1. The van der Waals surface area contributed by atoms with Crippen molar-refractivity contribution in [2.75, 3.05) is 0 Å². The first-order chi connectivity index (χ1) is 14.8. The molecule has 170 valence electrons. The minimum Gasteiger partial charge on any atom is -0.507 e. The summed E-state index contributed by atoms with van der Waals surface area (Å²) in [6.45, 7) is 1.27. The first kappa shape index (κ1) is 24.3. The molecule has 3 rings (SSSR count). The van der Waals surface area contributed by atoms with Crippen molar-refractivity contribution in [1.82, 2.24) is 0 Å². The Hall–Kier alpha value is -3.93. The number of hydrogen-bond acceptors (Lipinski definition) is 8. The number of rotatable bonds is 3. The molecule has 0 bridgehead atoms. The van der Waals surface area contributed by atoms with Crippen LogP contribution >= 0.6 is 0 Å². The predicted molar refractivity (Wildman–Crippen MR) is 100 cm³/mol. The number of carboxylic acid groups (broad SMARTS) is 1. The summed E-state index contributed by atoms with van der Waals surface area (Å²) in [5.74, 6) is -5.27. The van der Waals surface area contributed by atoms with Crippen LogP contribution in [0.25, 0.3) is 0 Å². The molecule has 0 aliphatic heterocycles. The van der Waals surface area contributed by atoms with Crippen molar-refractivity contribution < 1.29 is 52.4 Å². The highest BCUT2D eigenvalue weighted by molar-refractivity contribution is 6.30. The number of ketones is 2. The van der Waals surface area contributed by atoms with Gasteiger partial charge in [-0.05, 0) is 30.7 Å². The zero-order chi connectivity index (χ0) is 24.4. The average Bonchev–Trinajstić information content (AvgIpc) is 2.69. The molecule has 0 radical (unpaired) electrons. The van der Waals surface area contributed by atoms with Crippen molar-refractivity contribution in [2.24, 2.45) is 5.73 Å². The Morgan fingerprint density at radius 1 is 1.03 bits per heavy atom. The SMILES string of the molecule is C[C@H](N)C(=O)OCc1cc(O)c2c(c1)C(=O)c1cccc(O)c1C2=O.O=C(O)C(F)(F)F. The third kappa shape index (κ3) is 5.03. The molecule has 1 aliphatic carbocycles. The number of phenols is 2. The van der Waals surface area contributed by atoms with E-state index in [0.717, 1.165) is 0 Å². The third-order valence-corrected chi connectivity index (χ3v) is 4.16. The summed E-state index contributed by atoms with van der Waals surface area (Å²) < 4.78 is 36.7. The van der Waals surface area contributed by atoms with E-state index in [1.54, 1.807) is 0 Å². The average molecular weight is 455 g/mol. The topological polar surface area (TPSA) is 164 Å². The minimum absolute atomic E-state index is 0.00468. The second-order valence-corrected chi connectivity index (χ2v) is 6.59. The summed E-state index contributed by atoms with van der Waals surface area (Å²) in [5.41, 5.74) is 5.48. The molecule has 0 saturated heterocycles. The Labute approximate surface area is 177 Å². The lowest BCUT2D eigenvalue weighted by Gasteiger charge is -2.20. The van der Waals surface area contributed by atoms with Gasteiger partial charge < -0.3 is 25.8 Å². The van der Waals surface area contributed by atoms with Gasteiger partial charge in [0.05, 0.1) is 11.1 Å². The van der Waals surface area contributed by atoms with E-state index < -0.39 is 41.5 Å². The van der Waals surface area contributed by atoms with Gasteiger partial charge in [-0.15, -0.1) is 0 Å². The molecule has 0 spiro atoms. The number of phenolic OH excluding ortho intramolecular Hbond substituents is 2. The van der Waals surface area contributed by atoms with Crippen LogP contribution in [0.15, 0.2) is 30.3 Å². The molecular formula is C20H16F3NO8. The van der Waals surface area contributed by atoms with Gasteiger partial charge in [0.15, 0.2) is 5.78 Å². The summed E-state index contributed by atoms with van der Waals surface area (Å²) in [5, 5.41) is 27.2. The van der Waals surface area contributed by atoms with Crippen LogP contribution in [0.3, 0.4) is 0 Å². The third-order valence-electron chi connectivity index (χ3n) is 4.16. The van der Waals surface area contributed by atoms with Gasteiger partial charge in [0.1, 0.15) is 24.1 Å². The highest BCUT2D eigenvalue weighted by Crippen LogP contribution is 2.37. The van der Waals surface area contributed by atoms with E-state index in [0.29, 0.717) is 5.56 Å². The fourth-order valence-corrected chi connectivity index (χ4v) is 2.71. The smallest absolute Gasteiger partial charge is 0.490 e. The monoisotopic (exact) mass is 455 g/mol. The summed E-state index contributed by atoms with van der Waals surface area (Å²) in [7, 11) is 0. The van der Waals surface area contributed by atoms with Crippen molar-refractivity contribution in [3.8, 4) is 11.5 Å². The summed E-state index contributed by atoms with van der Waals surface area (Å²) in [4.78, 5) is 45.6. The van der Waals surface area contributed by atoms with Crippen molar-refractivity contribution >= 4 is 23.5 Å². The van der Waals surface area contributed by atoms with Crippen LogP contribution in [-0.2, 0) is 20.9 Å². The maximum atomic E-state index is 12.7. The van der Waals surface area contributed by atoms with Gasteiger partial charge in [0.2, 0.25) is 5.78 Å². The summed E-state index contributed by atoms with van der Waals surface area (Å²) in [6.07, 6.45) is -5.08. The minimum atomic E-state index is -5.08. The molecule has 2 aromatic carbocycles. The lowest BCUT2D eigenvalue weighted by molar-refractivity contribution is -0.192. The highest BCUT2D eigenvalue weighted by atomic mass is 19.4. The first-order valence-electron chi connectivity index (χ1n) is 8.75. The van der Waals surface area contributed by atoms with Gasteiger partial charge in [-0.25, -0.2) is 4.79 Å². The molecule has 12 heteroatoms. The molecule has 0 fully saturated rings. The quantitative estimate of drug-likeness (QED) is 0.432. The molecule has 1 atom stereocenters.